The van der Waals surface area contributed by atoms with Gasteiger partial charge in [-0.25, -0.2) is 0 Å². The van der Waals surface area contributed by atoms with Gasteiger partial charge in [0.25, 0.3) is 0 Å². The summed E-state index contributed by atoms with van der Waals surface area (Å²) >= 11 is 0. The molecule has 0 bridgehead atoms. The van der Waals surface area contributed by atoms with Gasteiger partial charge in [-0.2, -0.15) is 0 Å². The van der Waals surface area contributed by atoms with Gasteiger partial charge in [0, 0.05) is 38.4 Å². The maximum Gasteiger partial charge on any atom is 0.143 e. The van der Waals surface area contributed by atoms with Crippen LogP contribution < -0.4 is 0 Å². The molecule has 0 amide bonds. The molecule has 12 aromatic rings. The van der Waals surface area contributed by atoms with Crippen LogP contribution in [-0.4, -0.2) is 0 Å². The third kappa shape index (κ3) is 4.44. The van der Waals surface area contributed by atoms with Crippen LogP contribution in [0.25, 0.3) is 121 Å². The van der Waals surface area contributed by atoms with Crippen molar-refractivity contribution in [1.29, 1.82) is 0 Å². The Hall–Kier alpha value is -7.42. The van der Waals surface area contributed by atoms with Crippen molar-refractivity contribution in [2.75, 3.05) is 0 Å². The number of rotatable bonds is 4. The molecule has 0 fully saturated rings. The minimum atomic E-state index is 0.838. The highest BCUT2D eigenvalue weighted by atomic mass is 16.3. The fourth-order valence-electron chi connectivity index (χ4n) is 9.32. The first-order valence-corrected chi connectivity index (χ1v) is 19.2. The molecular formula is C54H32O2. The normalized spacial score (nSPS) is 11.9. The molecule has 0 atom stereocenters. The lowest BCUT2D eigenvalue weighted by molar-refractivity contribution is 0.632. The first-order chi connectivity index (χ1) is 27.8. The van der Waals surface area contributed by atoms with Crippen molar-refractivity contribution in [3.05, 3.63) is 194 Å². The Balaban J connectivity index is 1.19. The van der Waals surface area contributed by atoms with E-state index >= 15 is 0 Å². The zero-order valence-electron chi connectivity index (χ0n) is 30.3. The van der Waals surface area contributed by atoms with Crippen molar-refractivity contribution in [1.82, 2.24) is 0 Å². The second-order valence-corrected chi connectivity index (χ2v) is 14.7. The second kappa shape index (κ2) is 12.0. The molecule has 2 heteroatoms. The number of fused-ring (bicyclic) bond motifs is 10. The van der Waals surface area contributed by atoms with E-state index in [0.717, 1.165) is 60.9 Å². The Kier molecular flexibility index (Phi) is 6.66. The quantitative estimate of drug-likeness (QED) is 0.134. The van der Waals surface area contributed by atoms with Crippen molar-refractivity contribution in [3.63, 3.8) is 0 Å². The van der Waals surface area contributed by atoms with Gasteiger partial charge in [-0.1, -0.05) is 176 Å². The number of para-hydroxylation sites is 1. The van der Waals surface area contributed by atoms with Crippen LogP contribution in [0.2, 0.25) is 0 Å². The van der Waals surface area contributed by atoms with E-state index in [2.05, 4.69) is 188 Å². The predicted molar refractivity (Wildman–Crippen MR) is 235 cm³/mol. The molecule has 2 nitrogen and oxygen atoms in total. The molecule has 0 aliphatic heterocycles. The molecule has 0 spiro atoms. The first-order valence-electron chi connectivity index (χ1n) is 19.2. The third-order valence-corrected chi connectivity index (χ3v) is 11.7. The molecule has 12 rings (SSSR count). The van der Waals surface area contributed by atoms with Gasteiger partial charge in [0.15, 0.2) is 0 Å². The maximum absolute atomic E-state index is 7.03. The molecule has 0 aliphatic rings. The average molecular weight is 713 g/mol. The highest BCUT2D eigenvalue weighted by molar-refractivity contribution is 6.29. The lowest BCUT2D eigenvalue weighted by Gasteiger charge is -2.19. The van der Waals surface area contributed by atoms with Crippen LogP contribution in [-0.2, 0) is 0 Å². The largest absolute Gasteiger partial charge is 0.455 e. The maximum atomic E-state index is 7.03. The Morgan fingerprint density at radius 3 is 1.45 bits per heavy atom. The molecule has 0 saturated carbocycles. The first kappa shape index (κ1) is 31.0. The van der Waals surface area contributed by atoms with Crippen molar-refractivity contribution in [2.45, 2.75) is 0 Å². The van der Waals surface area contributed by atoms with E-state index in [9.17, 15) is 0 Å². The van der Waals surface area contributed by atoms with E-state index in [0.29, 0.717) is 0 Å². The average Bonchev–Trinajstić information content (AvgIpc) is 3.85. The molecule has 0 saturated heterocycles. The SMILES string of the molecule is c1ccc(-c2oc3ccc4oc5c(-c6c7ccccc7c(-c7cc8ccccc8c8ccccc78)c7ccccc67)cccc5c4c3c2-c2ccccc2)cc1. The lowest BCUT2D eigenvalue weighted by Crippen LogP contribution is -1.92. The van der Waals surface area contributed by atoms with Gasteiger partial charge in [-0.05, 0) is 78.0 Å². The van der Waals surface area contributed by atoms with E-state index in [4.69, 9.17) is 8.83 Å². The monoisotopic (exact) mass is 712 g/mol. The van der Waals surface area contributed by atoms with Crippen LogP contribution in [0.5, 0.6) is 0 Å². The Bertz CT molecular complexity index is 3460. The fraction of sp³-hybridized carbons (Fsp3) is 0. The minimum Gasteiger partial charge on any atom is -0.455 e. The summed E-state index contributed by atoms with van der Waals surface area (Å²) in [5, 5.41) is 13.0. The summed E-state index contributed by atoms with van der Waals surface area (Å²) in [6.45, 7) is 0. The predicted octanol–water partition coefficient (Wildman–Crippen LogP) is 15.6. The van der Waals surface area contributed by atoms with Crippen molar-refractivity contribution in [2.24, 2.45) is 0 Å². The van der Waals surface area contributed by atoms with E-state index in [1.54, 1.807) is 0 Å². The van der Waals surface area contributed by atoms with E-state index < -0.39 is 0 Å². The molecule has 0 unspecified atom stereocenters. The zero-order valence-corrected chi connectivity index (χ0v) is 30.3. The summed E-state index contributed by atoms with van der Waals surface area (Å²) in [6, 6.07) is 69.5. The van der Waals surface area contributed by atoms with Gasteiger partial charge in [-0.15, -0.1) is 0 Å². The number of furan rings is 2. The Morgan fingerprint density at radius 1 is 0.286 bits per heavy atom. The standard InChI is InChI=1S/C54H32O2/c1-3-16-33(17-4-1)48-52-47(55-53(48)34-18-5-2-6-19-34)31-30-46-51(52)44-29-15-28-43(54(44)56-46)49-39-24-11-13-26-41(39)50(42-27-14-12-25-40(42)49)45-32-35-20-7-8-21-36(35)37-22-9-10-23-38(37)45/h1-32H. The van der Waals surface area contributed by atoms with Crippen LogP contribution in [0.3, 0.4) is 0 Å². The molecule has 0 radical (unpaired) electrons. The topological polar surface area (TPSA) is 26.3 Å². The van der Waals surface area contributed by atoms with Crippen molar-refractivity contribution < 1.29 is 8.83 Å². The number of hydrogen-bond acceptors (Lipinski definition) is 2. The summed E-state index contributed by atoms with van der Waals surface area (Å²) < 4.78 is 13.8. The summed E-state index contributed by atoms with van der Waals surface area (Å²) in [6.07, 6.45) is 0. The molecule has 0 N–H and O–H groups in total. The summed E-state index contributed by atoms with van der Waals surface area (Å²) in [5.41, 5.74) is 10.5. The van der Waals surface area contributed by atoms with Crippen LogP contribution in [0.1, 0.15) is 0 Å². The lowest BCUT2D eigenvalue weighted by atomic mass is 9.83. The van der Waals surface area contributed by atoms with E-state index in [1.807, 2.05) is 6.07 Å². The summed E-state index contributed by atoms with van der Waals surface area (Å²) in [4.78, 5) is 0. The van der Waals surface area contributed by atoms with Gasteiger partial charge in [0.05, 0.1) is 0 Å². The molecule has 2 aromatic heterocycles. The minimum absolute atomic E-state index is 0.838. The molecule has 2 heterocycles. The van der Waals surface area contributed by atoms with Crippen molar-refractivity contribution in [3.8, 4) is 44.7 Å². The number of benzene rings is 10. The number of hydrogen-bond donors (Lipinski definition) is 0. The molecule has 0 aliphatic carbocycles. The van der Waals surface area contributed by atoms with Crippen LogP contribution in [0.15, 0.2) is 203 Å². The van der Waals surface area contributed by atoms with Crippen LogP contribution in [0, 0.1) is 0 Å². The highest BCUT2D eigenvalue weighted by Crippen LogP contribution is 2.51. The van der Waals surface area contributed by atoms with Gasteiger partial charge in [-0.3, -0.25) is 0 Å². The van der Waals surface area contributed by atoms with E-state index in [-0.39, 0.29) is 0 Å². The summed E-state index contributed by atoms with van der Waals surface area (Å²) in [5.74, 6) is 0.860. The Labute approximate surface area is 322 Å². The Morgan fingerprint density at radius 2 is 0.786 bits per heavy atom. The molecular weight excluding hydrogens is 681 g/mol. The van der Waals surface area contributed by atoms with Crippen molar-refractivity contribution >= 4 is 76.0 Å². The van der Waals surface area contributed by atoms with Gasteiger partial charge < -0.3 is 8.83 Å². The van der Waals surface area contributed by atoms with Crippen LogP contribution >= 0.6 is 0 Å². The van der Waals surface area contributed by atoms with E-state index in [1.165, 1.54) is 59.8 Å². The van der Waals surface area contributed by atoms with Gasteiger partial charge in [0.1, 0.15) is 22.5 Å². The van der Waals surface area contributed by atoms with Gasteiger partial charge >= 0.3 is 0 Å². The fourth-order valence-corrected chi connectivity index (χ4v) is 9.32. The van der Waals surface area contributed by atoms with Crippen LogP contribution in [0.4, 0.5) is 0 Å². The third-order valence-electron chi connectivity index (χ3n) is 11.7. The summed E-state index contributed by atoms with van der Waals surface area (Å²) in [7, 11) is 0. The second-order valence-electron chi connectivity index (χ2n) is 14.7. The van der Waals surface area contributed by atoms with Gasteiger partial charge in [0.2, 0.25) is 0 Å². The zero-order chi connectivity index (χ0) is 36.7. The highest BCUT2D eigenvalue weighted by Gasteiger charge is 2.25. The smallest absolute Gasteiger partial charge is 0.143 e. The molecule has 260 valence electrons. The molecule has 10 aromatic carbocycles. The molecule has 56 heavy (non-hydrogen) atoms.